The zero-order valence-electron chi connectivity index (χ0n) is 18.7. The number of carboxylic acids is 1. The normalized spacial score (nSPS) is 15.0. The number of carbonyl (C=O) groups is 3. The number of alkyl halides is 3. The number of carboxylic acid groups (broad SMARTS) is 1. The van der Waals surface area contributed by atoms with Crippen LogP contribution in [0.15, 0.2) is 40.8 Å². The van der Waals surface area contributed by atoms with Gasteiger partial charge in [0.15, 0.2) is 5.76 Å². The highest BCUT2D eigenvalue weighted by atomic mass is 19.4. The first-order valence-electron chi connectivity index (χ1n) is 10.8. The summed E-state index contributed by atoms with van der Waals surface area (Å²) in [5, 5.41) is 12.7. The summed E-state index contributed by atoms with van der Waals surface area (Å²) in [4.78, 5) is 33.9. The first kappa shape index (κ1) is 26.9. The lowest BCUT2D eigenvalue weighted by atomic mass is 9.83. The highest BCUT2D eigenvalue weighted by molar-refractivity contribution is 5.96. The number of hydrogen-bond acceptors (Lipinski definition) is 5. The van der Waals surface area contributed by atoms with Gasteiger partial charge in [-0.1, -0.05) is 37.5 Å². The van der Waals surface area contributed by atoms with Gasteiger partial charge in [-0.15, -0.1) is 0 Å². The van der Waals surface area contributed by atoms with Crippen LogP contribution in [-0.2, 0) is 16.1 Å². The molecule has 1 aromatic carbocycles. The van der Waals surface area contributed by atoms with Gasteiger partial charge in [-0.3, -0.25) is 9.59 Å². The zero-order chi connectivity index (χ0) is 25.3. The third-order valence-electron chi connectivity index (χ3n) is 5.46. The number of aliphatic carboxylic acids is 1. The molecule has 1 heterocycles. The van der Waals surface area contributed by atoms with Gasteiger partial charge in [-0.05, 0) is 42.5 Å². The van der Waals surface area contributed by atoms with Crippen LogP contribution in [0.4, 0.5) is 13.2 Å². The first-order chi connectivity index (χ1) is 16.1. The fraction of sp³-hybridized carbons (Fsp3) is 0.435. The number of nitrogens with one attached hydrogen (secondary N) is 2. The second-order valence-electron chi connectivity index (χ2n) is 7.83. The molecule has 34 heavy (non-hydrogen) atoms. The minimum atomic E-state index is -5.08. The molecule has 11 heteroatoms. The summed E-state index contributed by atoms with van der Waals surface area (Å²) >= 11 is 0. The summed E-state index contributed by atoms with van der Waals surface area (Å²) in [5.41, 5.74) is 7.54. The average molecular weight is 483 g/mol. The van der Waals surface area contributed by atoms with Crippen LogP contribution in [0.25, 0.3) is 11.3 Å². The third-order valence-corrected chi connectivity index (χ3v) is 5.46. The SMILES string of the molecule is CNC(=O)[C@@H](NC(=O)c1ccc(-c2cccc(CN)c2)o1)C1CCCCC1.O=C(O)C(F)(F)F. The molecule has 1 aromatic heterocycles. The van der Waals surface area contributed by atoms with Crippen LogP contribution in [0.1, 0.15) is 48.2 Å². The number of halogens is 3. The highest BCUT2D eigenvalue weighted by Crippen LogP contribution is 2.27. The Labute approximate surface area is 194 Å². The van der Waals surface area contributed by atoms with Gasteiger partial charge in [0, 0.05) is 19.2 Å². The van der Waals surface area contributed by atoms with E-state index in [2.05, 4.69) is 10.6 Å². The summed E-state index contributed by atoms with van der Waals surface area (Å²) in [6, 6.07) is 10.6. The Morgan fingerprint density at radius 1 is 1.15 bits per heavy atom. The van der Waals surface area contributed by atoms with E-state index in [0.29, 0.717) is 12.3 Å². The van der Waals surface area contributed by atoms with Crippen molar-refractivity contribution in [2.24, 2.45) is 11.7 Å². The van der Waals surface area contributed by atoms with Crippen LogP contribution in [0, 0.1) is 5.92 Å². The topological polar surface area (TPSA) is 135 Å². The Morgan fingerprint density at radius 3 is 2.35 bits per heavy atom. The lowest BCUT2D eigenvalue weighted by Crippen LogP contribution is -2.50. The maximum atomic E-state index is 12.7. The van der Waals surface area contributed by atoms with Crippen molar-refractivity contribution in [3.8, 4) is 11.3 Å². The van der Waals surface area contributed by atoms with E-state index in [1.54, 1.807) is 19.2 Å². The molecular formula is C23H28F3N3O5. The van der Waals surface area contributed by atoms with Gasteiger partial charge in [-0.25, -0.2) is 4.79 Å². The van der Waals surface area contributed by atoms with Crippen molar-refractivity contribution in [1.29, 1.82) is 0 Å². The second kappa shape index (κ2) is 12.2. The van der Waals surface area contributed by atoms with Crippen molar-refractivity contribution in [1.82, 2.24) is 10.6 Å². The number of amides is 2. The molecule has 1 saturated carbocycles. The molecular weight excluding hydrogens is 455 g/mol. The van der Waals surface area contributed by atoms with E-state index < -0.39 is 18.2 Å². The minimum absolute atomic E-state index is 0.155. The number of carbonyl (C=O) groups excluding carboxylic acids is 2. The number of furan rings is 1. The van der Waals surface area contributed by atoms with Crippen molar-refractivity contribution in [3.63, 3.8) is 0 Å². The standard InChI is InChI=1S/C21H27N3O3.C2HF3O2/c1-23-21(26)19(15-7-3-2-4-8-15)24-20(25)18-11-10-17(27-18)16-9-5-6-14(12-16)13-22;3-2(4,5)1(6)7/h5-6,9-12,15,19H,2-4,7-8,13,22H2,1H3,(H,23,26)(H,24,25);(H,6,7)/t19-;/m0./s1. The van der Waals surface area contributed by atoms with Crippen molar-refractivity contribution in [2.75, 3.05) is 7.05 Å². The molecule has 0 spiro atoms. The Kier molecular flexibility index (Phi) is 9.67. The number of hydrogen-bond donors (Lipinski definition) is 4. The van der Waals surface area contributed by atoms with Gasteiger partial charge >= 0.3 is 12.1 Å². The summed E-state index contributed by atoms with van der Waals surface area (Å²) in [7, 11) is 1.60. The van der Waals surface area contributed by atoms with Crippen molar-refractivity contribution in [3.05, 3.63) is 47.7 Å². The van der Waals surface area contributed by atoms with E-state index in [-0.39, 0.29) is 23.5 Å². The molecule has 0 saturated heterocycles. The monoisotopic (exact) mass is 483 g/mol. The summed E-state index contributed by atoms with van der Waals surface area (Å²) in [6.45, 7) is 0.442. The van der Waals surface area contributed by atoms with Gasteiger partial charge in [0.05, 0.1) is 0 Å². The highest BCUT2D eigenvalue weighted by Gasteiger charge is 2.38. The van der Waals surface area contributed by atoms with Crippen molar-refractivity contribution in [2.45, 2.75) is 50.9 Å². The largest absolute Gasteiger partial charge is 0.490 e. The van der Waals surface area contributed by atoms with E-state index in [4.69, 9.17) is 20.1 Å². The predicted molar refractivity (Wildman–Crippen MR) is 118 cm³/mol. The lowest BCUT2D eigenvalue weighted by molar-refractivity contribution is -0.192. The van der Waals surface area contributed by atoms with E-state index in [0.717, 1.165) is 36.8 Å². The molecule has 0 bridgehead atoms. The number of benzene rings is 1. The Bertz CT molecular complexity index is 984. The quantitative estimate of drug-likeness (QED) is 0.497. The smallest absolute Gasteiger partial charge is 0.475 e. The molecule has 0 unspecified atom stereocenters. The molecule has 3 rings (SSSR count). The van der Waals surface area contributed by atoms with Crippen LogP contribution in [0.5, 0.6) is 0 Å². The van der Waals surface area contributed by atoms with Crippen molar-refractivity contribution < 1.29 is 37.1 Å². The summed E-state index contributed by atoms with van der Waals surface area (Å²) < 4.78 is 37.5. The number of likely N-dealkylation sites (N-methyl/N-ethyl adjacent to an activating group) is 1. The molecule has 1 atom stereocenters. The molecule has 5 N–H and O–H groups in total. The van der Waals surface area contributed by atoms with E-state index in [9.17, 15) is 22.8 Å². The van der Waals surface area contributed by atoms with Gasteiger partial charge in [0.25, 0.3) is 5.91 Å². The number of rotatable bonds is 6. The molecule has 186 valence electrons. The van der Waals surface area contributed by atoms with E-state index in [1.165, 1.54) is 6.42 Å². The lowest BCUT2D eigenvalue weighted by Gasteiger charge is -2.29. The van der Waals surface area contributed by atoms with Gasteiger partial charge in [0.2, 0.25) is 5.91 Å². The molecule has 1 aliphatic rings. The average Bonchev–Trinajstić information content (AvgIpc) is 3.33. The second-order valence-corrected chi connectivity index (χ2v) is 7.83. The van der Waals surface area contributed by atoms with Crippen molar-refractivity contribution >= 4 is 17.8 Å². The third kappa shape index (κ3) is 7.62. The van der Waals surface area contributed by atoms with Crippen LogP contribution < -0.4 is 16.4 Å². The van der Waals surface area contributed by atoms with E-state index in [1.807, 2.05) is 24.3 Å². The first-order valence-corrected chi connectivity index (χ1v) is 10.8. The molecule has 1 aliphatic carbocycles. The Hall–Kier alpha value is -3.34. The number of nitrogens with two attached hydrogens (primary N) is 1. The molecule has 2 amide bonds. The maximum absolute atomic E-state index is 12.7. The van der Waals surface area contributed by atoms with Crippen LogP contribution >= 0.6 is 0 Å². The molecule has 8 nitrogen and oxygen atoms in total. The molecule has 2 aromatic rings. The summed E-state index contributed by atoms with van der Waals surface area (Å²) in [6.07, 6.45) is 0.197. The molecule has 1 fully saturated rings. The fourth-order valence-corrected chi connectivity index (χ4v) is 3.70. The Balaban J connectivity index is 0.000000509. The minimum Gasteiger partial charge on any atom is -0.475 e. The zero-order valence-corrected chi connectivity index (χ0v) is 18.7. The van der Waals surface area contributed by atoms with E-state index >= 15 is 0 Å². The van der Waals surface area contributed by atoms with Gasteiger partial charge in [-0.2, -0.15) is 13.2 Å². The van der Waals surface area contributed by atoms with Gasteiger partial charge in [0.1, 0.15) is 11.8 Å². The van der Waals surface area contributed by atoms with Crippen LogP contribution in [0.2, 0.25) is 0 Å². The van der Waals surface area contributed by atoms with Gasteiger partial charge < -0.3 is 25.9 Å². The Morgan fingerprint density at radius 2 is 1.79 bits per heavy atom. The van der Waals surface area contributed by atoms with Crippen LogP contribution in [0.3, 0.4) is 0 Å². The fourth-order valence-electron chi connectivity index (χ4n) is 3.70. The summed E-state index contributed by atoms with van der Waals surface area (Å²) in [5.74, 6) is -2.31. The van der Waals surface area contributed by atoms with Crippen LogP contribution in [-0.4, -0.2) is 42.2 Å². The maximum Gasteiger partial charge on any atom is 0.490 e. The molecule has 0 aliphatic heterocycles. The molecule has 0 radical (unpaired) electrons. The predicted octanol–water partition coefficient (Wildman–Crippen LogP) is 3.46.